The Morgan fingerprint density at radius 1 is 1.40 bits per heavy atom. The molecule has 3 rings (SSSR count). The van der Waals surface area contributed by atoms with Crippen molar-refractivity contribution in [3.8, 4) is 0 Å². The van der Waals surface area contributed by atoms with E-state index in [9.17, 15) is 24.6 Å². The quantitative estimate of drug-likeness (QED) is 0.543. The first-order chi connectivity index (χ1) is 11.6. The number of carboxylic acids is 1. The number of amidine groups is 1. The summed E-state index contributed by atoms with van der Waals surface area (Å²) >= 11 is 0. The Balaban J connectivity index is 1.96. The molecular formula is C16H22N4O5. The highest BCUT2D eigenvalue weighted by atomic mass is 16.4. The van der Waals surface area contributed by atoms with E-state index < -0.39 is 23.9 Å². The summed E-state index contributed by atoms with van der Waals surface area (Å²) in [6, 6.07) is -0.658. The molecule has 0 bridgehead atoms. The molecule has 1 unspecified atom stereocenters. The molecule has 3 aliphatic rings. The van der Waals surface area contributed by atoms with E-state index in [0.717, 1.165) is 0 Å². The molecule has 5 atom stereocenters. The fourth-order valence-electron chi connectivity index (χ4n) is 4.20. The average Bonchev–Trinajstić information content (AvgIpc) is 2.83. The van der Waals surface area contributed by atoms with Crippen LogP contribution in [0.4, 0.5) is 0 Å². The van der Waals surface area contributed by atoms with Crippen LogP contribution >= 0.6 is 0 Å². The van der Waals surface area contributed by atoms with Crippen molar-refractivity contribution in [2.24, 2.45) is 22.6 Å². The van der Waals surface area contributed by atoms with E-state index in [1.165, 1.54) is 4.90 Å². The second-order valence-corrected chi connectivity index (χ2v) is 6.97. The highest BCUT2D eigenvalue weighted by Gasteiger charge is 2.57. The van der Waals surface area contributed by atoms with Gasteiger partial charge in [-0.3, -0.25) is 14.6 Å². The van der Waals surface area contributed by atoms with E-state index in [2.05, 4.69) is 4.99 Å². The number of carboxylic acid groups (broad SMARTS) is 1. The number of primary amides is 1. The maximum atomic E-state index is 12.3. The second-order valence-electron chi connectivity index (χ2n) is 6.97. The van der Waals surface area contributed by atoms with Gasteiger partial charge < -0.3 is 25.7 Å². The number of aliphatic imine (C=N–C) groups is 1. The van der Waals surface area contributed by atoms with Gasteiger partial charge in [-0.05, 0) is 25.8 Å². The molecule has 0 aromatic carbocycles. The molecular weight excluding hydrogens is 328 g/mol. The van der Waals surface area contributed by atoms with E-state index in [-0.39, 0.29) is 35.4 Å². The Bertz CT molecular complexity index is 713. The lowest BCUT2D eigenvalue weighted by atomic mass is 9.80. The van der Waals surface area contributed by atoms with Crippen molar-refractivity contribution in [2.45, 2.75) is 38.5 Å². The molecule has 9 heteroatoms. The zero-order chi connectivity index (χ0) is 18.6. The predicted molar refractivity (Wildman–Crippen MR) is 87.3 cm³/mol. The topological polar surface area (TPSA) is 137 Å². The van der Waals surface area contributed by atoms with Gasteiger partial charge in [0.25, 0.3) is 5.91 Å². The van der Waals surface area contributed by atoms with Crippen molar-refractivity contribution < 1.29 is 24.6 Å². The average molecular weight is 350 g/mol. The number of aliphatic hydroxyl groups excluding tert-OH is 1. The Hall–Kier alpha value is -2.42. The van der Waals surface area contributed by atoms with Gasteiger partial charge in [-0.1, -0.05) is 0 Å². The lowest BCUT2D eigenvalue weighted by Gasteiger charge is -2.44. The summed E-state index contributed by atoms with van der Waals surface area (Å²) in [6.45, 7) is 3.73. The monoisotopic (exact) mass is 350 g/mol. The van der Waals surface area contributed by atoms with Gasteiger partial charge >= 0.3 is 5.97 Å². The molecule has 3 aliphatic heterocycles. The van der Waals surface area contributed by atoms with Crippen LogP contribution in [0.2, 0.25) is 0 Å². The van der Waals surface area contributed by atoms with Gasteiger partial charge in [0.2, 0.25) is 5.91 Å². The molecule has 0 spiro atoms. The number of carbonyl (C=O) groups excluding carboxylic acids is 2. The van der Waals surface area contributed by atoms with Crippen LogP contribution in [-0.2, 0) is 14.4 Å². The van der Waals surface area contributed by atoms with Crippen LogP contribution in [0.1, 0.15) is 20.3 Å². The Kier molecular flexibility index (Phi) is 4.06. The summed E-state index contributed by atoms with van der Waals surface area (Å²) < 4.78 is 0. The molecule has 1 fully saturated rings. The number of fused-ring (bicyclic) bond motifs is 1. The molecule has 4 N–H and O–H groups in total. The number of hydrogen-bond acceptors (Lipinski definition) is 6. The minimum Gasteiger partial charge on any atom is -0.477 e. The molecule has 136 valence electrons. The maximum Gasteiger partial charge on any atom is 0.352 e. The summed E-state index contributed by atoms with van der Waals surface area (Å²) in [7, 11) is 1.68. The van der Waals surface area contributed by atoms with Crippen molar-refractivity contribution in [1.29, 1.82) is 0 Å². The first-order valence-corrected chi connectivity index (χ1v) is 8.21. The third-order valence-electron chi connectivity index (χ3n) is 5.37. The summed E-state index contributed by atoms with van der Waals surface area (Å²) in [5.74, 6) is -2.79. The lowest BCUT2D eigenvalue weighted by Crippen LogP contribution is -2.61. The first kappa shape index (κ1) is 17.4. The number of carbonyl (C=O) groups is 3. The van der Waals surface area contributed by atoms with Crippen molar-refractivity contribution >= 4 is 23.6 Å². The zero-order valence-corrected chi connectivity index (χ0v) is 14.3. The fourth-order valence-corrected chi connectivity index (χ4v) is 4.20. The number of nitrogens with zero attached hydrogens (tertiary/aromatic N) is 3. The van der Waals surface area contributed by atoms with Crippen LogP contribution in [-0.4, -0.2) is 75.4 Å². The molecule has 25 heavy (non-hydrogen) atoms. The van der Waals surface area contributed by atoms with E-state index in [4.69, 9.17) is 5.73 Å². The van der Waals surface area contributed by atoms with E-state index in [1.807, 2.05) is 0 Å². The van der Waals surface area contributed by atoms with Crippen LogP contribution in [0.3, 0.4) is 0 Å². The van der Waals surface area contributed by atoms with Crippen LogP contribution in [0, 0.1) is 11.8 Å². The van der Waals surface area contributed by atoms with Gasteiger partial charge in [-0.2, -0.15) is 0 Å². The summed E-state index contributed by atoms with van der Waals surface area (Å²) in [5, 5.41) is 19.4. The van der Waals surface area contributed by atoms with Gasteiger partial charge in [0.05, 0.1) is 24.1 Å². The minimum absolute atomic E-state index is 0.00475. The number of amides is 2. The Morgan fingerprint density at radius 2 is 2.04 bits per heavy atom. The maximum absolute atomic E-state index is 12.3. The van der Waals surface area contributed by atoms with Crippen molar-refractivity contribution in [3.05, 3.63) is 11.3 Å². The highest BCUT2D eigenvalue weighted by Crippen LogP contribution is 2.47. The largest absolute Gasteiger partial charge is 0.477 e. The lowest BCUT2D eigenvalue weighted by molar-refractivity contribution is -0.161. The van der Waals surface area contributed by atoms with E-state index in [1.54, 1.807) is 25.8 Å². The molecule has 0 aromatic rings. The molecule has 3 heterocycles. The van der Waals surface area contributed by atoms with Crippen LogP contribution in [0.5, 0.6) is 0 Å². The molecule has 9 nitrogen and oxygen atoms in total. The number of aliphatic hydroxyl groups is 1. The summed E-state index contributed by atoms with van der Waals surface area (Å²) in [5.41, 5.74) is 5.95. The zero-order valence-electron chi connectivity index (χ0n) is 14.3. The molecule has 0 saturated carbocycles. The summed E-state index contributed by atoms with van der Waals surface area (Å²) in [6.07, 6.45) is -0.429. The number of aliphatic carboxylic acids is 1. The number of likely N-dealkylation sites (N-methyl/N-ethyl adjacent to an activating group) is 1. The van der Waals surface area contributed by atoms with Crippen LogP contribution in [0.15, 0.2) is 16.3 Å². The SMILES string of the molecule is CC1N=C(C(N)=O)N(C)C[C@H]1C1=C(C(=O)O)N2C(=O)[C@H]([C@@H](C)O)[C@H]2C1. The van der Waals surface area contributed by atoms with Gasteiger partial charge in [0, 0.05) is 19.5 Å². The number of β-lactam (4-membered cyclic amide) rings is 1. The highest BCUT2D eigenvalue weighted by molar-refractivity contribution is 6.37. The molecule has 0 aliphatic carbocycles. The van der Waals surface area contributed by atoms with Crippen LogP contribution in [0.25, 0.3) is 0 Å². The Morgan fingerprint density at radius 3 is 2.56 bits per heavy atom. The molecule has 2 amide bonds. The van der Waals surface area contributed by atoms with Gasteiger partial charge in [0.1, 0.15) is 5.70 Å². The normalized spacial score (nSPS) is 33.0. The molecule has 0 radical (unpaired) electrons. The standard InChI is InChI=1S/C16H22N4O5/c1-6-9(5-19(3)14(18-6)13(17)22)8-4-10-11(7(2)21)15(23)20(10)12(8)16(24)25/h6-7,9-11,21H,4-5H2,1-3H3,(H2,17,22)(H,24,25)/t6?,7-,9-,10-,11-/m1/s1. The second kappa shape index (κ2) is 5.83. The summed E-state index contributed by atoms with van der Waals surface area (Å²) in [4.78, 5) is 42.7. The Labute approximate surface area is 144 Å². The van der Waals surface area contributed by atoms with Gasteiger partial charge in [-0.25, -0.2) is 4.79 Å². The van der Waals surface area contributed by atoms with E-state index >= 15 is 0 Å². The molecule has 0 aromatic heterocycles. The fraction of sp³-hybridized carbons (Fsp3) is 0.625. The van der Waals surface area contributed by atoms with Gasteiger partial charge in [-0.15, -0.1) is 0 Å². The minimum atomic E-state index is -1.16. The molecule has 1 saturated heterocycles. The number of rotatable bonds is 4. The number of hydrogen-bond donors (Lipinski definition) is 3. The number of nitrogens with two attached hydrogens (primary N) is 1. The van der Waals surface area contributed by atoms with Gasteiger partial charge in [0.15, 0.2) is 5.84 Å². The third kappa shape index (κ3) is 2.50. The predicted octanol–water partition coefficient (Wildman–Crippen LogP) is -1.23. The van der Waals surface area contributed by atoms with E-state index in [0.29, 0.717) is 18.5 Å². The van der Waals surface area contributed by atoms with Crippen molar-refractivity contribution in [1.82, 2.24) is 9.80 Å². The smallest absolute Gasteiger partial charge is 0.352 e. The van der Waals surface area contributed by atoms with Crippen LogP contribution < -0.4 is 5.73 Å². The third-order valence-corrected chi connectivity index (χ3v) is 5.37. The van der Waals surface area contributed by atoms with Crippen molar-refractivity contribution in [3.63, 3.8) is 0 Å². The van der Waals surface area contributed by atoms with Crippen molar-refractivity contribution in [2.75, 3.05) is 13.6 Å². The first-order valence-electron chi connectivity index (χ1n) is 8.21.